The molecule has 1 N–H and O–H groups in total. The van der Waals surface area contributed by atoms with Crippen LogP contribution in [-0.4, -0.2) is 24.1 Å². The summed E-state index contributed by atoms with van der Waals surface area (Å²) >= 11 is 2.06. The van der Waals surface area contributed by atoms with Crippen LogP contribution in [0.1, 0.15) is 39.5 Å². The second-order valence-electron chi connectivity index (χ2n) is 5.12. The minimum absolute atomic E-state index is 0.262. The van der Waals surface area contributed by atoms with E-state index in [1.165, 1.54) is 24.3 Å². The summed E-state index contributed by atoms with van der Waals surface area (Å²) in [5, 5.41) is 12.2. The van der Waals surface area contributed by atoms with Crippen molar-refractivity contribution in [3.05, 3.63) is 0 Å². The number of nitrogens with one attached hydrogen (secondary N) is 1. The molecule has 1 atom stereocenters. The highest BCUT2D eigenvalue weighted by molar-refractivity contribution is 7.99. The third-order valence-corrected chi connectivity index (χ3v) is 4.16. The van der Waals surface area contributed by atoms with Crippen LogP contribution >= 0.6 is 11.8 Å². The summed E-state index contributed by atoms with van der Waals surface area (Å²) in [6, 6.07) is 2.93. The fourth-order valence-electron chi connectivity index (χ4n) is 1.81. The van der Waals surface area contributed by atoms with E-state index in [0.717, 1.165) is 13.0 Å². The van der Waals surface area contributed by atoms with E-state index < -0.39 is 0 Å². The molecular weight excluding hydrogens is 204 g/mol. The van der Waals surface area contributed by atoms with Crippen LogP contribution in [0.4, 0.5) is 0 Å². The lowest BCUT2D eigenvalue weighted by molar-refractivity contribution is 0.300. The van der Waals surface area contributed by atoms with Gasteiger partial charge >= 0.3 is 0 Å². The maximum atomic E-state index is 8.57. The van der Waals surface area contributed by atoms with Gasteiger partial charge in [-0.25, -0.2) is 0 Å². The molecule has 0 bridgehead atoms. The minimum Gasteiger partial charge on any atom is -0.313 e. The molecule has 1 fully saturated rings. The second kappa shape index (κ2) is 6.40. The molecule has 0 saturated carbocycles. The van der Waals surface area contributed by atoms with Crippen LogP contribution in [0.5, 0.6) is 0 Å². The zero-order valence-corrected chi connectivity index (χ0v) is 10.7. The number of rotatable bonds is 5. The Bertz CT molecular complexity index is 214. The number of hydrogen-bond acceptors (Lipinski definition) is 3. The van der Waals surface area contributed by atoms with Crippen molar-refractivity contribution in [3.63, 3.8) is 0 Å². The van der Waals surface area contributed by atoms with Gasteiger partial charge in [0.2, 0.25) is 0 Å². The molecule has 0 aromatic rings. The van der Waals surface area contributed by atoms with E-state index >= 15 is 0 Å². The van der Waals surface area contributed by atoms with Crippen LogP contribution in [0, 0.1) is 16.7 Å². The van der Waals surface area contributed by atoms with Crippen molar-refractivity contribution >= 4 is 11.8 Å². The molecule has 1 rings (SSSR count). The Balaban J connectivity index is 2.19. The van der Waals surface area contributed by atoms with Gasteiger partial charge in [0.15, 0.2) is 0 Å². The molecule has 0 aromatic heterocycles. The third kappa shape index (κ3) is 5.44. The first-order chi connectivity index (χ1) is 7.14. The number of thioether (sulfide) groups is 1. The van der Waals surface area contributed by atoms with Crippen molar-refractivity contribution in [3.8, 4) is 6.07 Å². The van der Waals surface area contributed by atoms with Gasteiger partial charge in [0.05, 0.1) is 6.07 Å². The normalized spacial score (nSPS) is 22.3. The Labute approximate surface area is 97.8 Å². The molecule has 0 spiro atoms. The molecule has 3 heteroatoms. The van der Waals surface area contributed by atoms with E-state index in [-0.39, 0.29) is 5.41 Å². The van der Waals surface area contributed by atoms with E-state index in [4.69, 9.17) is 5.26 Å². The van der Waals surface area contributed by atoms with Crippen molar-refractivity contribution < 1.29 is 0 Å². The molecule has 15 heavy (non-hydrogen) atoms. The van der Waals surface area contributed by atoms with Crippen LogP contribution in [0.15, 0.2) is 0 Å². The highest BCUT2D eigenvalue weighted by atomic mass is 32.2. The zero-order valence-electron chi connectivity index (χ0n) is 9.88. The smallest absolute Gasteiger partial charge is 0.0621 e. The quantitative estimate of drug-likeness (QED) is 0.783. The highest BCUT2D eigenvalue weighted by Gasteiger charge is 2.20. The van der Waals surface area contributed by atoms with Gasteiger partial charge < -0.3 is 5.32 Å². The van der Waals surface area contributed by atoms with Gasteiger partial charge in [0, 0.05) is 24.8 Å². The van der Waals surface area contributed by atoms with Crippen LogP contribution in [0.25, 0.3) is 0 Å². The van der Waals surface area contributed by atoms with Gasteiger partial charge in [0.1, 0.15) is 0 Å². The van der Waals surface area contributed by atoms with Gasteiger partial charge in [-0.15, -0.1) is 0 Å². The summed E-state index contributed by atoms with van der Waals surface area (Å²) in [7, 11) is 0. The largest absolute Gasteiger partial charge is 0.313 e. The Morgan fingerprint density at radius 2 is 2.33 bits per heavy atom. The lowest BCUT2D eigenvalue weighted by Crippen LogP contribution is -2.39. The summed E-state index contributed by atoms with van der Waals surface area (Å²) in [4.78, 5) is 0. The molecule has 0 aromatic carbocycles. The van der Waals surface area contributed by atoms with E-state index in [1.807, 2.05) is 0 Å². The van der Waals surface area contributed by atoms with Gasteiger partial charge in [-0.05, 0) is 30.4 Å². The Morgan fingerprint density at radius 3 is 2.93 bits per heavy atom. The maximum Gasteiger partial charge on any atom is 0.0621 e. The molecule has 1 unspecified atom stereocenters. The summed E-state index contributed by atoms with van der Waals surface area (Å²) in [6.07, 6.45) is 4.34. The first-order valence-corrected chi connectivity index (χ1v) is 6.98. The first-order valence-electron chi connectivity index (χ1n) is 5.82. The van der Waals surface area contributed by atoms with E-state index in [2.05, 4.69) is 37.0 Å². The monoisotopic (exact) mass is 226 g/mol. The van der Waals surface area contributed by atoms with Gasteiger partial charge in [0.25, 0.3) is 0 Å². The first kappa shape index (κ1) is 12.9. The number of hydrogen-bond donors (Lipinski definition) is 1. The second-order valence-corrected chi connectivity index (χ2v) is 6.27. The zero-order chi connectivity index (χ0) is 11.1. The van der Waals surface area contributed by atoms with E-state index in [1.54, 1.807) is 0 Å². The molecule has 0 aliphatic carbocycles. The number of nitriles is 1. The van der Waals surface area contributed by atoms with Crippen LogP contribution < -0.4 is 5.32 Å². The average molecular weight is 226 g/mol. The van der Waals surface area contributed by atoms with Gasteiger partial charge in [-0.2, -0.15) is 17.0 Å². The van der Waals surface area contributed by atoms with Crippen molar-refractivity contribution in [2.75, 3.05) is 18.1 Å². The average Bonchev–Trinajstić information content (AvgIpc) is 2.25. The molecule has 1 aliphatic rings. The molecule has 1 aliphatic heterocycles. The van der Waals surface area contributed by atoms with Crippen LogP contribution in [0.3, 0.4) is 0 Å². The lowest BCUT2D eigenvalue weighted by atomic mass is 9.87. The highest BCUT2D eigenvalue weighted by Crippen LogP contribution is 2.23. The molecule has 2 nitrogen and oxygen atoms in total. The fraction of sp³-hybridized carbons (Fsp3) is 0.917. The molecule has 86 valence electrons. The molecule has 0 radical (unpaired) electrons. The maximum absolute atomic E-state index is 8.57. The van der Waals surface area contributed by atoms with Crippen LogP contribution in [0.2, 0.25) is 0 Å². The minimum atomic E-state index is 0.262. The topological polar surface area (TPSA) is 35.8 Å². The Morgan fingerprint density at radius 1 is 1.53 bits per heavy atom. The van der Waals surface area contributed by atoms with Crippen LogP contribution in [-0.2, 0) is 0 Å². The van der Waals surface area contributed by atoms with Gasteiger partial charge in [-0.3, -0.25) is 0 Å². The predicted octanol–water partition coefficient (Wildman–Crippen LogP) is 2.80. The molecule has 0 amide bonds. The Kier molecular flexibility index (Phi) is 5.49. The standard InChI is InChI=1S/C12H22N2S/c1-12(2,6-4-7-13)10-14-11-5-3-8-15-9-11/h11,14H,3-6,8-10H2,1-2H3. The summed E-state index contributed by atoms with van der Waals surface area (Å²) in [6.45, 7) is 5.53. The van der Waals surface area contributed by atoms with E-state index in [9.17, 15) is 0 Å². The number of nitrogens with zero attached hydrogens (tertiary/aromatic N) is 1. The van der Waals surface area contributed by atoms with Crippen molar-refractivity contribution in [1.29, 1.82) is 5.26 Å². The van der Waals surface area contributed by atoms with E-state index in [0.29, 0.717) is 12.5 Å². The molecule has 1 heterocycles. The molecular formula is C12H22N2S. The van der Waals surface area contributed by atoms with Crippen molar-refractivity contribution in [2.45, 2.75) is 45.6 Å². The van der Waals surface area contributed by atoms with Crippen molar-refractivity contribution in [2.24, 2.45) is 5.41 Å². The molecule has 1 saturated heterocycles. The predicted molar refractivity (Wildman–Crippen MR) is 67.0 cm³/mol. The summed E-state index contributed by atoms with van der Waals surface area (Å²) in [5.74, 6) is 2.59. The van der Waals surface area contributed by atoms with Crippen molar-refractivity contribution in [1.82, 2.24) is 5.32 Å². The fourth-order valence-corrected chi connectivity index (χ4v) is 2.91. The van der Waals surface area contributed by atoms with Gasteiger partial charge in [-0.1, -0.05) is 13.8 Å². The third-order valence-electron chi connectivity index (χ3n) is 2.94. The summed E-state index contributed by atoms with van der Waals surface area (Å²) < 4.78 is 0. The Hall–Kier alpha value is -0.200. The SMILES string of the molecule is CC(C)(CCC#N)CNC1CCCSC1. The summed E-state index contributed by atoms with van der Waals surface area (Å²) in [5.41, 5.74) is 0.262. The lowest BCUT2D eigenvalue weighted by Gasteiger charge is -2.29.